The predicted molar refractivity (Wildman–Crippen MR) is 66.8 cm³/mol. The first-order valence-corrected chi connectivity index (χ1v) is 6.08. The zero-order valence-corrected chi connectivity index (χ0v) is 10.1. The van der Waals surface area contributed by atoms with Gasteiger partial charge in [-0.1, -0.05) is 36.0 Å². The van der Waals surface area contributed by atoms with Crippen LogP contribution in [0.15, 0.2) is 35.7 Å². The van der Waals surface area contributed by atoms with Crippen molar-refractivity contribution in [3.05, 3.63) is 36.2 Å². The van der Waals surface area contributed by atoms with Crippen LogP contribution in [-0.2, 0) is 12.8 Å². The molecule has 0 fully saturated rings. The van der Waals surface area contributed by atoms with E-state index in [-0.39, 0.29) is 0 Å². The Labute approximate surface area is 104 Å². The van der Waals surface area contributed by atoms with E-state index in [0.29, 0.717) is 11.2 Å². The third kappa shape index (κ3) is 2.88. The normalized spacial score (nSPS) is 10.5. The third-order valence-corrected chi connectivity index (χ3v) is 3.44. The number of benzene rings is 1. The third-order valence-electron chi connectivity index (χ3n) is 2.36. The summed E-state index contributed by atoms with van der Waals surface area (Å²) in [5.41, 5.74) is 1.41. The SMILES string of the molecule is Cn1cnnc1SCc1ccccc1B(O)O. The maximum absolute atomic E-state index is 9.23. The summed E-state index contributed by atoms with van der Waals surface area (Å²) < 4.78 is 1.82. The first-order valence-electron chi connectivity index (χ1n) is 5.09. The van der Waals surface area contributed by atoms with Crippen molar-refractivity contribution in [3.8, 4) is 0 Å². The molecule has 2 rings (SSSR count). The van der Waals surface area contributed by atoms with E-state index >= 15 is 0 Å². The fourth-order valence-electron chi connectivity index (χ4n) is 1.46. The maximum atomic E-state index is 9.23. The van der Waals surface area contributed by atoms with E-state index in [9.17, 15) is 10.0 Å². The lowest BCUT2D eigenvalue weighted by molar-refractivity contribution is 0.425. The Kier molecular flexibility index (Phi) is 3.83. The van der Waals surface area contributed by atoms with Gasteiger partial charge in [-0.3, -0.25) is 0 Å². The molecule has 0 amide bonds. The van der Waals surface area contributed by atoms with Crippen LogP contribution >= 0.6 is 11.8 Å². The van der Waals surface area contributed by atoms with Gasteiger partial charge in [-0.2, -0.15) is 0 Å². The molecule has 0 radical (unpaired) electrons. The first-order chi connectivity index (χ1) is 8.18. The molecule has 2 aromatic rings. The van der Waals surface area contributed by atoms with Crippen LogP contribution in [0.2, 0.25) is 0 Å². The van der Waals surface area contributed by atoms with Gasteiger partial charge in [-0.05, 0) is 11.0 Å². The van der Waals surface area contributed by atoms with E-state index in [2.05, 4.69) is 10.2 Å². The van der Waals surface area contributed by atoms with Crippen LogP contribution in [0.25, 0.3) is 0 Å². The topological polar surface area (TPSA) is 71.2 Å². The van der Waals surface area contributed by atoms with Gasteiger partial charge in [0.15, 0.2) is 5.16 Å². The molecule has 0 unspecified atom stereocenters. The minimum absolute atomic E-state index is 0.530. The van der Waals surface area contributed by atoms with Crippen LogP contribution in [0.4, 0.5) is 0 Å². The van der Waals surface area contributed by atoms with Gasteiger partial charge < -0.3 is 14.6 Å². The van der Waals surface area contributed by atoms with E-state index in [4.69, 9.17) is 0 Å². The van der Waals surface area contributed by atoms with Gasteiger partial charge in [0, 0.05) is 12.8 Å². The van der Waals surface area contributed by atoms with Gasteiger partial charge in [-0.15, -0.1) is 10.2 Å². The van der Waals surface area contributed by atoms with Crippen molar-refractivity contribution in [1.82, 2.24) is 14.8 Å². The van der Waals surface area contributed by atoms with E-state index in [1.54, 1.807) is 18.5 Å². The minimum atomic E-state index is -1.44. The number of thioether (sulfide) groups is 1. The molecule has 1 aromatic carbocycles. The standard InChI is InChI=1S/C10H12BN3O2S/c1-14-7-12-13-10(14)17-6-8-4-2-3-5-9(8)11(15)16/h2-5,7,15-16H,6H2,1H3. The smallest absolute Gasteiger partial charge is 0.423 e. The molecule has 5 nitrogen and oxygen atoms in total. The van der Waals surface area contributed by atoms with Gasteiger partial charge in [-0.25, -0.2) is 0 Å². The van der Waals surface area contributed by atoms with Crippen molar-refractivity contribution in [2.45, 2.75) is 10.9 Å². The number of aryl methyl sites for hydroxylation is 1. The molecule has 0 aliphatic rings. The second-order valence-corrected chi connectivity index (χ2v) is 4.53. The van der Waals surface area contributed by atoms with Crippen LogP contribution in [0.3, 0.4) is 0 Å². The highest BCUT2D eigenvalue weighted by Gasteiger charge is 2.15. The van der Waals surface area contributed by atoms with Crippen LogP contribution < -0.4 is 5.46 Å². The first kappa shape index (κ1) is 12.2. The summed E-state index contributed by atoms with van der Waals surface area (Å²) in [4.78, 5) is 0. The summed E-state index contributed by atoms with van der Waals surface area (Å²) >= 11 is 1.51. The second kappa shape index (κ2) is 5.35. The molecular weight excluding hydrogens is 237 g/mol. The van der Waals surface area contributed by atoms with Gasteiger partial charge in [0.1, 0.15) is 6.33 Å². The van der Waals surface area contributed by atoms with Crippen LogP contribution in [0, 0.1) is 0 Å². The summed E-state index contributed by atoms with van der Waals surface area (Å²) in [5, 5.41) is 27.0. The van der Waals surface area contributed by atoms with Gasteiger partial charge in [0.05, 0.1) is 0 Å². The highest BCUT2D eigenvalue weighted by atomic mass is 32.2. The van der Waals surface area contributed by atoms with E-state index in [1.807, 2.05) is 23.7 Å². The lowest BCUT2D eigenvalue weighted by Gasteiger charge is -2.07. The molecule has 0 aliphatic heterocycles. The zero-order chi connectivity index (χ0) is 12.3. The Balaban J connectivity index is 2.11. The number of aromatic nitrogens is 3. The van der Waals surface area contributed by atoms with Gasteiger partial charge >= 0.3 is 7.12 Å². The fourth-order valence-corrected chi connectivity index (χ4v) is 2.37. The second-order valence-electron chi connectivity index (χ2n) is 3.59. The average Bonchev–Trinajstić information content (AvgIpc) is 2.72. The molecule has 0 aliphatic carbocycles. The summed E-state index contributed by atoms with van der Waals surface area (Å²) in [6.45, 7) is 0. The van der Waals surface area contributed by atoms with Gasteiger partial charge in [0.25, 0.3) is 0 Å². The quantitative estimate of drug-likeness (QED) is 0.579. The van der Waals surface area contributed by atoms with Crippen LogP contribution in [0.5, 0.6) is 0 Å². The molecule has 0 saturated carbocycles. The van der Waals surface area contributed by atoms with Crippen molar-refractivity contribution in [3.63, 3.8) is 0 Å². The van der Waals surface area contributed by atoms with E-state index in [1.165, 1.54) is 11.8 Å². The molecule has 1 heterocycles. The predicted octanol–water partition coefficient (Wildman–Crippen LogP) is -0.213. The summed E-state index contributed by atoms with van der Waals surface area (Å²) in [5.74, 6) is 0.625. The molecule has 88 valence electrons. The van der Waals surface area contributed by atoms with Crippen molar-refractivity contribution in [2.75, 3.05) is 0 Å². The lowest BCUT2D eigenvalue weighted by atomic mass is 9.77. The molecule has 7 heteroatoms. The highest BCUT2D eigenvalue weighted by molar-refractivity contribution is 7.98. The Bertz CT molecular complexity index is 504. The molecule has 0 spiro atoms. The van der Waals surface area contributed by atoms with Gasteiger partial charge in [0.2, 0.25) is 0 Å². The average molecular weight is 249 g/mol. The molecular formula is C10H12BN3O2S. The number of nitrogens with zero attached hydrogens (tertiary/aromatic N) is 3. The Hall–Kier alpha value is -1.31. The van der Waals surface area contributed by atoms with Crippen molar-refractivity contribution in [2.24, 2.45) is 7.05 Å². The number of hydrogen-bond donors (Lipinski definition) is 2. The monoisotopic (exact) mass is 249 g/mol. The highest BCUT2D eigenvalue weighted by Crippen LogP contribution is 2.18. The van der Waals surface area contributed by atoms with Crippen molar-refractivity contribution >= 4 is 24.3 Å². The molecule has 1 aromatic heterocycles. The van der Waals surface area contributed by atoms with Crippen LogP contribution in [-0.4, -0.2) is 31.9 Å². The Morgan fingerprint density at radius 1 is 1.35 bits per heavy atom. The lowest BCUT2D eigenvalue weighted by Crippen LogP contribution is -2.32. The summed E-state index contributed by atoms with van der Waals surface area (Å²) in [6.07, 6.45) is 1.63. The summed E-state index contributed by atoms with van der Waals surface area (Å²) in [6, 6.07) is 7.24. The van der Waals surface area contributed by atoms with E-state index < -0.39 is 7.12 Å². The maximum Gasteiger partial charge on any atom is 0.488 e. The van der Waals surface area contributed by atoms with E-state index in [0.717, 1.165) is 10.7 Å². The number of rotatable bonds is 4. The van der Waals surface area contributed by atoms with Crippen molar-refractivity contribution in [1.29, 1.82) is 0 Å². The largest absolute Gasteiger partial charge is 0.488 e. The Morgan fingerprint density at radius 2 is 2.12 bits per heavy atom. The molecule has 0 atom stereocenters. The molecule has 17 heavy (non-hydrogen) atoms. The molecule has 2 N–H and O–H groups in total. The zero-order valence-electron chi connectivity index (χ0n) is 9.32. The minimum Gasteiger partial charge on any atom is -0.423 e. The molecule has 0 saturated heterocycles. The Morgan fingerprint density at radius 3 is 2.76 bits per heavy atom. The summed E-state index contributed by atoms with van der Waals surface area (Å²) in [7, 11) is 0.432. The molecule has 0 bridgehead atoms. The number of hydrogen-bond acceptors (Lipinski definition) is 5. The van der Waals surface area contributed by atoms with Crippen LogP contribution in [0.1, 0.15) is 5.56 Å². The van der Waals surface area contributed by atoms with Crippen molar-refractivity contribution < 1.29 is 10.0 Å². The fraction of sp³-hybridized carbons (Fsp3) is 0.200.